The summed E-state index contributed by atoms with van der Waals surface area (Å²) in [5.41, 5.74) is 1.55. The van der Waals surface area contributed by atoms with Crippen molar-refractivity contribution in [2.45, 2.75) is 38.2 Å². The molecule has 1 fully saturated rings. The zero-order valence-corrected chi connectivity index (χ0v) is 10.3. The van der Waals surface area contributed by atoms with Crippen LogP contribution in [0.25, 0.3) is 0 Å². The second-order valence-electron chi connectivity index (χ2n) is 5.18. The van der Waals surface area contributed by atoms with Gasteiger partial charge >= 0.3 is 0 Å². The SMILES string of the molecule is CCc1ccc(C2(C(C)(C)O)COC2)cc1. The average Bonchev–Trinajstić information content (AvgIpc) is 2.15. The third-order valence-electron chi connectivity index (χ3n) is 3.78. The Balaban J connectivity index is 2.34. The van der Waals surface area contributed by atoms with Crippen LogP contribution in [-0.4, -0.2) is 23.9 Å². The molecule has 2 nitrogen and oxygen atoms in total. The predicted octanol–water partition coefficient (Wildman–Crippen LogP) is 2.29. The molecule has 0 aromatic heterocycles. The molecule has 1 aromatic rings. The zero-order valence-electron chi connectivity index (χ0n) is 10.3. The Morgan fingerprint density at radius 3 is 2.12 bits per heavy atom. The fraction of sp³-hybridized carbons (Fsp3) is 0.571. The van der Waals surface area contributed by atoms with Crippen molar-refractivity contribution >= 4 is 0 Å². The van der Waals surface area contributed by atoms with E-state index in [-0.39, 0.29) is 5.41 Å². The summed E-state index contributed by atoms with van der Waals surface area (Å²) in [6.07, 6.45) is 1.05. The number of benzene rings is 1. The first-order chi connectivity index (χ1) is 7.49. The Hall–Kier alpha value is -0.860. The van der Waals surface area contributed by atoms with Crippen molar-refractivity contribution in [3.63, 3.8) is 0 Å². The van der Waals surface area contributed by atoms with Crippen LogP contribution < -0.4 is 0 Å². The lowest BCUT2D eigenvalue weighted by atomic mass is 9.67. The number of rotatable bonds is 3. The largest absolute Gasteiger partial charge is 0.389 e. The van der Waals surface area contributed by atoms with Crippen LogP contribution in [0, 0.1) is 0 Å². The van der Waals surface area contributed by atoms with E-state index in [1.807, 2.05) is 13.8 Å². The molecule has 1 heterocycles. The first-order valence-corrected chi connectivity index (χ1v) is 5.89. The lowest BCUT2D eigenvalue weighted by molar-refractivity contribution is -0.157. The topological polar surface area (TPSA) is 29.5 Å². The minimum atomic E-state index is -0.737. The van der Waals surface area contributed by atoms with Gasteiger partial charge in [0.05, 0.1) is 24.2 Å². The summed E-state index contributed by atoms with van der Waals surface area (Å²) in [5.74, 6) is 0. The maximum Gasteiger partial charge on any atom is 0.0732 e. The average molecular weight is 220 g/mol. The van der Waals surface area contributed by atoms with Gasteiger partial charge in [-0.2, -0.15) is 0 Å². The van der Waals surface area contributed by atoms with Gasteiger partial charge in [-0.05, 0) is 31.4 Å². The molecule has 1 aromatic carbocycles. The summed E-state index contributed by atoms with van der Waals surface area (Å²) in [5, 5.41) is 10.3. The number of aliphatic hydroxyl groups is 1. The number of hydrogen-bond acceptors (Lipinski definition) is 2. The first kappa shape index (κ1) is 11.6. The zero-order chi connectivity index (χ0) is 11.8. The molecule has 0 amide bonds. The molecule has 88 valence electrons. The van der Waals surface area contributed by atoms with Crippen molar-refractivity contribution < 1.29 is 9.84 Å². The van der Waals surface area contributed by atoms with Gasteiger partial charge in [0.1, 0.15) is 0 Å². The molecule has 16 heavy (non-hydrogen) atoms. The molecule has 1 aliphatic heterocycles. The van der Waals surface area contributed by atoms with Crippen LogP contribution in [0.4, 0.5) is 0 Å². The molecule has 0 radical (unpaired) electrons. The predicted molar refractivity (Wildman–Crippen MR) is 64.6 cm³/mol. The van der Waals surface area contributed by atoms with Crippen molar-refractivity contribution in [2.24, 2.45) is 0 Å². The normalized spacial score (nSPS) is 19.2. The van der Waals surface area contributed by atoms with Crippen molar-refractivity contribution in [3.05, 3.63) is 35.4 Å². The van der Waals surface area contributed by atoms with E-state index in [1.165, 1.54) is 11.1 Å². The van der Waals surface area contributed by atoms with E-state index < -0.39 is 5.60 Å². The van der Waals surface area contributed by atoms with Gasteiger partial charge < -0.3 is 9.84 Å². The van der Waals surface area contributed by atoms with E-state index in [0.717, 1.165) is 6.42 Å². The Labute approximate surface area is 97.3 Å². The molecule has 0 atom stereocenters. The van der Waals surface area contributed by atoms with E-state index in [2.05, 4.69) is 31.2 Å². The van der Waals surface area contributed by atoms with Gasteiger partial charge in [-0.1, -0.05) is 31.2 Å². The molecule has 0 bridgehead atoms. The number of ether oxygens (including phenoxy) is 1. The molecular weight excluding hydrogens is 200 g/mol. The van der Waals surface area contributed by atoms with Gasteiger partial charge in [0.25, 0.3) is 0 Å². The second-order valence-corrected chi connectivity index (χ2v) is 5.18. The Kier molecular flexibility index (Phi) is 2.81. The maximum atomic E-state index is 10.3. The third-order valence-corrected chi connectivity index (χ3v) is 3.78. The summed E-state index contributed by atoms with van der Waals surface area (Å²) >= 11 is 0. The van der Waals surface area contributed by atoms with E-state index in [1.54, 1.807) is 0 Å². The Bertz CT molecular complexity index is 355. The smallest absolute Gasteiger partial charge is 0.0732 e. The first-order valence-electron chi connectivity index (χ1n) is 5.89. The molecule has 0 aliphatic carbocycles. The third kappa shape index (κ3) is 1.66. The van der Waals surface area contributed by atoms with E-state index in [0.29, 0.717) is 13.2 Å². The van der Waals surface area contributed by atoms with Crippen molar-refractivity contribution in [3.8, 4) is 0 Å². The monoisotopic (exact) mass is 220 g/mol. The highest BCUT2D eigenvalue weighted by atomic mass is 16.5. The molecule has 0 spiro atoms. The summed E-state index contributed by atoms with van der Waals surface area (Å²) in [6.45, 7) is 7.10. The van der Waals surface area contributed by atoms with Crippen molar-refractivity contribution in [2.75, 3.05) is 13.2 Å². The lowest BCUT2D eigenvalue weighted by Crippen LogP contribution is -2.60. The van der Waals surface area contributed by atoms with Gasteiger partial charge in [-0.25, -0.2) is 0 Å². The molecule has 2 rings (SSSR count). The van der Waals surface area contributed by atoms with Crippen molar-refractivity contribution in [1.82, 2.24) is 0 Å². The van der Waals surface area contributed by atoms with Gasteiger partial charge in [0.2, 0.25) is 0 Å². The summed E-state index contributed by atoms with van der Waals surface area (Å²) in [6, 6.07) is 8.53. The van der Waals surface area contributed by atoms with Crippen LogP contribution >= 0.6 is 0 Å². The summed E-state index contributed by atoms with van der Waals surface area (Å²) < 4.78 is 5.32. The highest BCUT2D eigenvalue weighted by molar-refractivity contribution is 5.34. The molecule has 1 saturated heterocycles. The van der Waals surface area contributed by atoms with Crippen molar-refractivity contribution in [1.29, 1.82) is 0 Å². The number of hydrogen-bond donors (Lipinski definition) is 1. The minimum Gasteiger partial charge on any atom is -0.389 e. The quantitative estimate of drug-likeness (QED) is 0.847. The standard InChI is InChI=1S/C14H20O2/c1-4-11-5-7-12(8-6-11)14(9-16-10-14)13(2,3)15/h5-8,15H,4,9-10H2,1-3H3. The maximum absolute atomic E-state index is 10.3. The molecule has 1 aliphatic rings. The van der Waals surface area contributed by atoms with Gasteiger partial charge in [0.15, 0.2) is 0 Å². The van der Waals surface area contributed by atoms with Gasteiger partial charge in [-0.15, -0.1) is 0 Å². The van der Waals surface area contributed by atoms with Crippen LogP contribution in [0.5, 0.6) is 0 Å². The molecular formula is C14H20O2. The molecule has 0 unspecified atom stereocenters. The summed E-state index contributed by atoms with van der Waals surface area (Å²) in [7, 11) is 0. The minimum absolute atomic E-state index is 0.223. The molecule has 1 N–H and O–H groups in total. The van der Waals surface area contributed by atoms with E-state index in [9.17, 15) is 5.11 Å². The fourth-order valence-electron chi connectivity index (χ4n) is 2.24. The second kappa shape index (κ2) is 3.86. The fourth-order valence-corrected chi connectivity index (χ4v) is 2.24. The van der Waals surface area contributed by atoms with Crippen LogP contribution in [0.2, 0.25) is 0 Å². The Morgan fingerprint density at radius 1 is 1.25 bits per heavy atom. The lowest BCUT2D eigenvalue weighted by Gasteiger charge is -2.50. The highest BCUT2D eigenvalue weighted by Crippen LogP contribution is 2.41. The van der Waals surface area contributed by atoms with Gasteiger partial charge in [-0.3, -0.25) is 0 Å². The highest BCUT2D eigenvalue weighted by Gasteiger charge is 2.51. The Morgan fingerprint density at radius 2 is 1.81 bits per heavy atom. The van der Waals surface area contributed by atoms with Gasteiger partial charge in [0, 0.05) is 0 Å². The van der Waals surface area contributed by atoms with Crippen LogP contribution in [0.3, 0.4) is 0 Å². The molecule has 0 saturated carbocycles. The van der Waals surface area contributed by atoms with E-state index >= 15 is 0 Å². The summed E-state index contributed by atoms with van der Waals surface area (Å²) in [4.78, 5) is 0. The van der Waals surface area contributed by atoms with Crippen LogP contribution in [0.15, 0.2) is 24.3 Å². The van der Waals surface area contributed by atoms with E-state index in [4.69, 9.17) is 4.74 Å². The van der Waals surface area contributed by atoms with Crippen LogP contribution in [0.1, 0.15) is 31.9 Å². The molecule has 2 heteroatoms. The van der Waals surface area contributed by atoms with Crippen LogP contribution in [-0.2, 0) is 16.6 Å². The number of aryl methyl sites for hydroxylation is 1.